The van der Waals surface area contributed by atoms with E-state index < -0.39 is 0 Å². The molecule has 0 fully saturated rings. The van der Waals surface area contributed by atoms with E-state index in [1.54, 1.807) is 0 Å². The number of hydrogen-bond donors (Lipinski definition) is 1. The third kappa shape index (κ3) is 6.67. The highest BCUT2D eigenvalue weighted by molar-refractivity contribution is 5.17. The van der Waals surface area contributed by atoms with Crippen molar-refractivity contribution in [2.24, 2.45) is 0 Å². The number of hydrogen-bond acceptors (Lipinski definition) is 1. The summed E-state index contributed by atoms with van der Waals surface area (Å²) in [6.45, 7) is 8.63. The van der Waals surface area contributed by atoms with Gasteiger partial charge >= 0.3 is 0 Å². The van der Waals surface area contributed by atoms with Crippen molar-refractivity contribution >= 4 is 0 Å². The summed E-state index contributed by atoms with van der Waals surface area (Å²) in [6.07, 6.45) is 0. The Balaban J connectivity index is 0. The van der Waals surface area contributed by atoms with Crippen molar-refractivity contribution in [2.75, 3.05) is 7.05 Å². The summed E-state index contributed by atoms with van der Waals surface area (Å²) in [5, 5.41) is 3.03. The third-order valence-electron chi connectivity index (χ3n) is 2.04. The van der Waals surface area contributed by atoms with E-state index in [9.17, 15) is 0 Å². The predicted octanol–water partition coefficient (Wildman–Crippen LogP) is 3.67. The van der Waals surface area contributed by atoms with E-state index >= 15 is 0 Å². The Morgan fingerprint density at radius 3 is 1.64 bits per heavy atom. The average molecular weight is 195 g/mol. The fourth-order valence-corrected chi connectivity index (χ4v) is 0.838. The van der Waals surface area contributed by atoms with Crippen LogP contribution in [0.2, 0.25) is 0 Å². The molecule has 0 aliphatic carbocycles. The number of nitrogens with one attached hydrogen (secondary N) is 1. The fraction of sp³-hybridized carbons (Fsp3) is 0.538. The molecule has 0 radical (unpaired) electrons. The van der Waals surface area contributed by atoms with E-state index in [1.165, 1.54) is 5.56 Å². The van der Waals surface area contributed by atoms with Gasteiger partial charge in [-0.15, -0.1) is 0 Å². The monoisotopic (exact) mass is 195 g/mol. The first-order valence-electron chi connectivity index (χ1n) is 5.30. The van der Waals surface area contributed by atoms with Crippen molar-refractivity contribution in [3.63, 3.8) is 0 Å². The molecule has 0 bridgehead atoms. The van der Waals surface area contributed by atoms with Gasteiger partial charge in [-0.1, -0.05) is 58.0 Å². The molecular weight excluding hydrogens is 170 g/mol. The Kier molecular flexibility index (Phi) is 7.13. The zero-order valence-electron chi connectivity index (χ0n) is 10.0. The first kappa shape index (κ1) is 13.2. The number of benzene rings is 1. The lowest BCUT2D eigenvalue weighted by Gasteiger charge is -2.01. The maximum absolute atomic E-state index is 3.03. The van der Waals surface area contributed by atoms with Crippen LogP contribution >= 0.6 is 0 Å². The molecule has 0 saturated heterocycles. The summed E-state index contributed by atoms with van der Waals surface area (Å²) in [5.41, 5.74) is 1.41. The largest absolute Gasteiger partial charge is 0.318 e. The predicted molar refractivity (Wildman–Crippen MR) is 66.8 cm³/mol. The van der Waals surface area contributed by atoms with Gasteiger partial charge in [-0.3, -0.25) is 0 Å². The molecule has 0 spiro atoms. The first-order chi connectivity index (χ1) is 6.57. The van der Waals surface area contributed by atoms with E-state index in [2.05, 4.69) is 57.3 Å². The Bertz CT molecular complexity index is 219. The number of rotatable bonds is 2. The molecule has 1 aromatic rings. The molecule has 0 unspecified atom stereocenters. The topological polar surface area (TPSA) is 12.0 Å². The van der Waals surface area contributed by atoms with Gasteiger partial charge in [0.2, 0.25) is 0 Å². The van der Waals surface area contributed by atoms with Crippen molar-refractivity contribution in [1.82, 2.24) is 5.32 Å². The van der Waals surface area contributed by atoms with Gasteiger partial charge in [0.05, 0.1) is 0 Å². The van der Waals surface area contributed by atoms with E-state index in [0.717, 1.165) is 0 Å². The van der Waals surface area contributed by atoms with E-state index in [0.29, 0.717) is 12.0 Å². The lowest BCUT2D eigenvalue weighted by Crippen LogP contribution is -2.15. The Labute approximate surface area is 90.0 Å². The van der Waals surface area contributed by atoms with Gasteiger partial charge in [-0.05, 0) is 18.5 Å². The van der Waals surface area contributed by atoms with Crippen LogP contribution in [0.1, 0.15) is 40.6 Å². The normalized spacial score (nSPS) is 9.93. The minimum atomic E-state index is 0. The molecule has 1 aromatic carbocycles. The molecule has 0 aromatic heterocycles. The zero-order valence-corrected chi connectivity index (χ0v) is 10.0. The second kappa shape index (κ2) is 7.57. The van der Waals surface area contributed by atoms with Crippen molar-refractivity contribution in [1.29, 1.82) is 0 Å². The zero-order chi connectivity index (χ0) is 11.0. The van der Waals surface area contributed by atoms with Crippen molar-refractivity contribution in [3.8, 4) is 0 Å². The highest BCUT2D eigenvalue weighted by Crippen LogP contribution is 2.11. The maximum atomic E-state index is 3.03. The molecule has 0 saturated carbocycles. The Morgan fingerprint density at radius 1 is 1.00 bits per heavy atom. The first-order valence-corrected chi connectivity index (χ1v) is 5.30. The molecule has 0 amide bonds. The third-order valence-corrected chi connectivity index (χ3v) is 2.04. The van der Waals surface area contributed by atoms with Gasteiger partial charge < -0.3 is 5.32 Å². The van der Waals surface area contributed by atoms with E-state index in [-0.39, 0.29) is 1.43 Å². The lowest BCUT2D eigenvalue weighted by molar-refractivity contribution is 0.668. The summed E-state index contributed by atoms with van der Waals surface area (Å²) in [6, 6.07) is 11.2. The van der Waals surface area contributed by atoms with Crippen LogP contribution in [0.5, 0.6) is 0 Å². The van der Waals surface area contributed by atoms with Gasteiger partial charge in [0.25, 0.3) is 0 Å². The van der Waals surface area contributed by atoms with E-state index in [1.807, 2.05) is 13.1 Å². The second-order valence-electron chi connectivity index (χ2n) is 4.01. The highest BCUT2D eigenvalue weighted by Gasteiger charge is 1.93. The molecule has 1 N–H and O–H groups in total. The van der Waals surface area contributed by atoms with E-state index in [4.69, 9.17) is 0 Å². The van der Waals surface area contributed by atoms with Gasteiger partial charge in [-0.2, -0.15) is 0 Å². The standard InChI is InChI=1S/C9H12.C4H11N.H2/c1-8(2)9-6-4-3-5-7-9;1-4(2)5-3;/h3-8H,1-2H3;4-5H,1-3H3;1H. The molecule has 0 aliphatic rings. The van der Waals surface area contributed by atoms with Gasteiger partial charge in [0.15, 0.2) is 0 Å². The molecular formula is C13H25N. The van der Waals surface area contributed by atoms with Crippen LogP contribution in [-0.2, 0) is 0 Å². The minimum absolute atomic E-state index is 0. The smallest absolute Gasteiger partial charge is 0.000733 e. The van der Waals surface area contributed by atoms with Gasteiger partial charge in [0.1, 0.15) is 0 Å². The lowest BCUT2D eigenvalue weighted by atomic mass is 10.0. The average Bonchev–Trinajstić information content (AvgIpc) is 2.20. The van der Waals surface area contributed by atoms with Crippen molar-refractivity contribution in [2.45, 2.75) is 39.7 Å². The molecule has 0 heterocycles. The molecule has 1 heteroatoms. The summed E-state index contributed by atoms with van der Waals surface area (Å²) in [4.78, 5) is 0. The molecule has 82 valence electrons. The molecule has 1 nitrogen and oxygen atoms in total. The van der Waals surface area contributed by atoms with Crippen LogP contribution in [-0.4, -0.2) is 13.1 Å². The van der Waals surface area contributed by atoms with Crippen molar-refractivity contribution < 1.29 is 1.43 Å². The molecule has 14 heavy (non-hydrogen) atoms. The highest BCUT2D eigenvalue weighted by atomic mass is 14.8. The van der Waals surface area contributed by atoms with Gasteiger partial charge in [0, 0.05) is 7.47 Å². The summed E-state index contributed by atoms with van der Waals surface area (Å²) in [7, 11) is 1.95. The minimum Gasteiger partial charge on any atom is -0.318 e. The fourth-order valence-electron chi connectivity index (χ4n) is 0.838. The van der Waals surface area contributed by atoms with Crippen LogP contribution in [0.4, 0.5) is 0 Å². The molecule has 0 aliphatic heterocycles. The second-order valence-corrected chi connectivity index (χ2v) is 4.01. The van der Waals surface area contributed by atoms with Crippen LogP contribution < -0.4 is 5.32 Å². The Morgan fingerprint density at radius 2 is 1.43 bits per heavy atom. The SMILES string of the molecule is CC(C)c1ccccc1.CNC(C)C.[HH]. The maximum Gasteiger partial charge on any atom is 0.000733 e. The van der Waals surface area contributed by atoms with Crippen LogP contribution in [0.25, 0.3) is 0 Å². The molecule has 0 atom stereocenters. The Hall–Kier alpha value is -0.820. The van der Waals surface area contributed by atoms with Gasteiger partial charge in [-0.25, -0.2) is 0 Å². The summed E-state index contributed by atoms with van der Waals surface area (Å²) in [5.74, 6) is 0.659. The van der Waals surface area contributed by atoms with Crippen LogP contribution in [0.15, 0.2) is 30.3 Å². The van der Waals surface area contributed by atoms with Crippen molar-refractivity contribution in [3.05, 3.63) is 35.9 Å². The molecule has 1 rings (SSSR count). The quantitative estimate of drug-likeness (QED) is 0.759. The van der Waals surface area contributed by atoms with Crippen LogP contribution in [0, 0.1) is 0 Å². The van der Waals surface area contributed by atoms with Crippen LogP contribution in [0.3, 0.4) is 0 Å². The summed E-state index contributed by atoms with van der Waals surface area (Å²) >= 11 is 0. The summed E-state index contributed by atoms with van der Waals surface area (Å²) < 4.78 is 0.